The Morgan fingerprint density at radius 2 is 0.733 bits per heavy atom. The first-order chi connectivity index (χ1) is 15.0. The number of hydrogen-bond donors (Lipinski definition) is 3. The first-order valence-corrected chi connectivity index (χ1v) is 13.2. The topological polar surface area (TPSA) is 86.2 Å². The van der Waals surface area contributed by atoms with Crippen LogP contribution in [-0.4, -0.2) is 104 Å². The van der Waals surface area contributed by atoms with Gasteiger partial charge in [0.15, 0.2) is 0 Å². The zero-order chi connectivity index (χ0) is 21.2. The largest absolute Gasteiger partial charge is 0.381 e. The lowest BCUT2D eigenvalue weighted by Gasteiger charge is -2.09. The van der Waals surface area contributed by atoms with Crippen molar-refractivity contribution in [2.75, 3.05) is 104 Å². The molecule has 7 saturated heterocycles. The maximum Gasteiger partial charge on any atom is 0.0701 e. The molecule has 0 aliphatic carbocycles. The zero-order valence-electron chi connectivity index (χ0n) is 19.1. The number of epoxide rings is 1. The fraction of sp³-hybridized carbons (Fsp3) is 1.00. The highest BCUT2D eigenvalue weighted by Crippen LogP contribution is 2.03. The molecule has 0 aromatic heterocycles. The van der Waals surface area contributed by atoms with Crippen LogP contribution in [-0.2, 0) is 18.9 Å². The Labute approximate surface area is 189 Å². The third kappa shape index (κ3) is 30.3. The Morgan fingerprint density at radius 1 is 0.367 bits per heavy atom. The number of ether oxygens (including phenoxy) is 4. The molecule has 0 aromatic rings. The van der Waals surface area contributed by atoms with E-state index in [1.807, 2.05) is 11.8 Å². The maximum atomic E-state index is 5.05. The summed E-state index contributed by atoms with van der Waals surface area (Å²) in [5, 5.41) is 9.33. The molecule has 7 nitrogen and oxygen atoms in total. The SMILES string of the molecule is C1CCNC1.C1CCOC1.C1CN1.C1CNC1.C1CO1.C1COC1.C1CSCCO1. The van der Waals surface area contributed by atoms with Crippen LogP contribution in [0.2, 0.25) is 0 Å². The summed E-state index contributed by atoms with van der Waals surface area (Å²) in [5.74, 6) is 2.39. The summed E-state index contributed by atoms with van der Waals surface area (Å²) < 4.78 is 19.2. The van der Waals surface area contributed by atoms with Gasteiger partial charge in [-0.1, -0.05) is 0 Å². The Morgan fingerprint density at radius 3 is 0.833 bits per heavy atom. The average molecular weight is 450 g/mol. The minimum absolute atomic E-state index is 0.963. The number of hydrogen-bond acceptors (Lipinski definition) is 8. The van der Waals surface area contributed by atoms with E-state index in [1.165, 1.54) is 89.3 Å². The van der Waals surface area contributed by atoms with E-state index in [9.17, 15) is 0 Å². The fourth-order valence-corrected chi connectivity index (χ4v) is 2.57. The van der Waals surface area contributed by atoms with Crippen molar-refractivity contribution >= 4 is 11.8 Å². The van der Waals surface area contributed by atoms with Gasteiger partial charge in [-0.05, 0) is 64.7 Å². The lowest BCUT2D eigenvalue weighted by molar-refractivity contribution is 0.0367. The van der Waals surface area contributed by atoms with Gasteiger partial charge in [0.25, 0.3) is 0 Å². The second-order valence-electron chi connectivity index (χ2n) is 7.43. The maximum absolute atomic E-state index is 5.05. The molecule has 0 radical (unpaired) electrons. The van der Waals surface area contributed by atoms with Gasteiger partial charge < -0.3 is 34.9 Å². The molecule has 3 N–H and O–H groups in total. The first-order valence-electron chi connectivity index (χ1n) is 12.0. The third-order valence-electron chi connectivity index (χ3n) is 4.27. The summed E-state index contributed by atoms with van der Waals surface area (Å²) in [6.07, 6.45) is 8.00. The Bertz CT molecular complexity index is 243. The smallest absolute Gasteiger partial charge is 0.0701 e. The van der Waals surface area contributed by atoms with Crippen molar-refractivity contribution in [3.8, 4) is 0 Å². The number of thioether (sulfide) groups is 1. The predicted molar refractivity (Wildman–Crippen MR) is 127 cm³/mol. The van der Waals surface area contributed by atoms with Crippen LogP contribution in [0, 0.1) is 0 Å². The molecule has 7 rings (SSSR count). The van der Waals surface area contributed by atoms with E-state index in [1.54, 1.807) is 0 Å². The van der Waals surface area contributed by atoms with Crippen molar-refractivity contribution < 1.29 is 18.9 Å². The molecule has 8 heteroatoms. The number of rotatable bonds is 0. The highest BCUT2D eigenvalue weighted by molar-refractivity contribution is 7.99. The monoisotopic (exact) mass is 449 g/mol. The van der Waals surface area contributed by atoms with Crippen LogP contribution >= 0.6 is 11.8 Å². The molecular formula is C22H47N3O4S. The van der Waals surface area contributed by atoms with Crippen molar-refractivity contribution in [2.45, 2.75) is 38.5 Å². The fourth-order valence-electron chi connectivity index (χ4n) is 1.90. The zero-order valence-corrected chi connectivity index (χ0v) is 19.9. The Balaban J connectivity index is 0.000000177. The van der Waals surface area contributed by atoms with Gasteiger partial charge in [0.1, 0.15) is 0 Å². The number of nitrogens with one attached hydrogen (secondary N) is 3. The van der Waals surface area contributed by atoms with Crippen LogP contribution in [0.4, 0.5) is 0 Å². The van der Waals surface area contributed by atoms with Gasteiger partial charge in [-0.2, -0.15) is 11.8 Å². The standard InChI is InChI=1S/C4H9N.C4H8OS.C4H8O.C3H7N.C3H6O.C2H5N.C2H4O/c1-2-4-5-3-1;1-3-6-4-2-5-1;1-2-4-5-3-1;2*1-2-4-3-1;2*1-2-3-1/h5H,1-4H2;1-4H2;1-4H2;4H,1-3H2;1-3H2;3H,1-2H2;1-2H2. The van der Waals surface area contributed by atoms with Crippen LogP contribution in [0.15, 0.2) is 0 Å². The average Bonchev–Trinajstić information content (AvgIpc) is 3.66. The van der Waals surface area contributed by atoms with E-state index in [-0.39, 0.29) is 0 Å². The second-order valence-corrected chi connectivity index (χ2v) is 8.66. The molecule has 0 atom stereocenters. The third-order valence-corrected chi connectivity index (χ3v) is 5.18. The molecule has 0 bridgehead atoms. The van der Waals surface area contributed by atoms with Gasteiger partial charge in [-0.3, -0.25) is 0 Å². The van der Waals surface area contributed by atoms with Crippen molar-refractivity contribution in [1.82, 2.24) is 16.0 Å². The summed E-state index contributed by atoms with van der Waals surface area (Å²) in [5.41, 5.74) is 0. The molecule has 0 aromatic carbocycles. The van der Waals surface area contributed by atoms with Crippen LogP contribution in [0.25, 0.3) is 0 Å². The summed E-state index contributed by atoms with van der Waals surface area (Å²) in [7, 11) is 0. The van der Waals surface area contributed by atoms with Crippen LogP contribution in [0.5, 0.6) is 0 Å². The Hall–Kier alpha value is 0.0700. The van der Waals surface area contributed by atoms with Crippen molar-refractivity contribution in [3.05, 3.63) is 0 Å². The highest BCUT2D eigenvalue weighted by atomic mass is 32.2. The molecule has 7 fully saturated rings. The summed E-state index contributed by atoms with van der Waals surface area (Å²) >= 11 is 1.97. The highest BCUT2D eigenvalue weighted by Gasteiger charge is 1.96. The molecule has 0 unspecified atom stereocenters. The normalized spacial score (nSPS) is 24.0. The molecule has 7 heterocycles. The van der Waals surface area contributed by atoms with Gasteiger partial charge in [0.05, 0.1) is 26.4 Å². The summed E-state index contributed by atoms with van der Waals surface area (Å²) in [6, 6.07) is 0. The van der Waals surface area contributed by atoms with E-state index in [0.717, 1.165) is 52.9 Å². The molecule has 180 valence electrons. The molecule has 7 aliphatic heterocycles. The van der Waals surface area contributed by atoms with Gasteiger partial charge in [0.2, 0.25) is 0 Å². The predicted octanol–water partition coefficient (Wildman–Crippen LogP) is 1.91. The molecule has 0 saturated carbocycles. The molecule has 0 spiro atoms. The molecule has 7 aliphatic rings. The molecule has 0 amide bonds. The summed E-state index contributed by atoms with van der Waals surface area (Å²) in [6.45, 7) is 15.4. The van der Waals surface area contributed by atoms with E-state index < -0.39 is 0 Å². The second kappa shape index (κ2) is 25.3. The summed E-state index contributed by atoms with van der Waals surface area (Å²) in [4.78, 5) is 0. The van der Waals surface area contributed by atoms with E-state index in [0.29, 0.717) is 0 Å². The van der Waals surface area contributed by atoms with E-state index in [4.69, 9.17) is 14.2 Å². The quantitative estimate of drug-likeness (QED) is 0.484. The Kier molecular flexibility index (Phi) is 23.7. The van der Waals surface area contributed by atoms with Crippen molar-refractivity contribution in [3.63, 3.8) is 0 Å². The van der Waals surface area contributed by atoms with E-state index in [2.05, 4.69) is 20.7 Å². The van der Waals surface area contributed by atoms with E-state index >= 15 is 0 Å². The minimum atomic E-state index is 0.963. The minimum Gasteiger partial charge on any atom is -0.381 e. The van der Waals surface area contributed by atoms with Crippen molar-refractivity contribution in [1.29, 1.82) is 0 Å². The van der Waals surface area contributed by atoms with Gasteiger partial charge in [-0.15, -0.1) is 0 Å². The van der Waals surface area contributed by atoms with Gasteiger partial charge in [-0.25, -0.2) is 0 Å². The van der Waals surface area contributed by atoms with Crippen LogP contribution in [0.3, 0.4) is 0 Å². The first kappa shape index (κ1) is 28.1. The van der Waals surface area contributed by atoms with Crippen molar-refractivity contribution in [2.24, 2.45) is 0 Å². The lowest BCUT2D eigenvalue weighted by atomic mass is 10.3. The van der Waals surface area contributed by atoms with Crippen LogP contribution < -0.4 is 16.0 Å². The lowest BCUT2D eigenvalue weighted by Crippen LogP contribution is -2.29. The van der Waals surface area contributed by atoms with Crippen LogP contribution in [0.1, 0.15) is 38.5 Å². The van der Waals surface area contributed by atoms with Gasteiger partial charge in [0, 0.05) is 51.0 Å². The van der Waals surface area contributed by atoms with Gasteiger partial charge >= 0.3 is 0 Å². The molecular weight excluding hydrogens is 402 g/mol. The molecule has 30 heavy (non-hydrogen) atoms.